The van der Waals surface area contributed by atoms with Crippen molar-refractivity contribution in [3.63, 3.8) is 0 Å². The maximum atomic E-state index is 12.7. The number of phenols is 1. The van der Waals surface area contributed by atoms with Crippen LogP contribution in [0, 0.1) is 0 Å². The Balaban J connectivity index is 1.58. The molecule has 0 saturated carbocycles. The molecule has 212 valence electrons. The standard InChI is InChI=1S/C35H37NO5/c1-5-31(25-9-7-6-8-10-25)35(26-11-16-29(17-12-26)40-22-21-36(2)3)27-13-18-30(19-14-27)41-24-33(38)28-15-20-32(37)34(23-28)39-4/h6-20,23,37H,5,21-22,24H2,1-4H3. The van der Waals surface area contributed by atoms with Crippen molar-refractivity contribution in [2.75, 3.05) is 41.0 Å². The minimum absolute atomic E-state index is 0.0159. The molecule has 0 aliphatic rings. The topological polar surface area (TPSA) is 68.2 Å². The molecule has 4 rings (SSSR count). The lowest BCUT2D eigenvalue weighted by atomic mass is 9.88. The van der Waals surface area contributed by atoms with Gasteiger partial charge >= 0.3 is 0 Å². The minimum atomic E-state index is -0.210. The average molecular weight is 552 g/mol. The molecule has 0 aliphatic carbocycles. The van der Waals surface area contributed by atoms with Gasteiger partial charge in [-0.3, -0.25) is 4.79 Å². The largest absolute Gasteiger partial charge is 0.504 e. The quantitative estimate of drug-likeness (QED) is 0.143. The van der Waals surface area contributed by atoms with Crippen LogP contribution < -0.4 is 14.2 Å². The number of likely N-dealkylation sites (N-methyl/N-ethyl adjacent to an activating group) is 1. The van der Waals surface area contributed by atoms with E-state index in [2.05, 4.69) is 48.2 Å². The van der Waals surface area contributed by atoms with E-state index in [1.807, 2.05) is 56.6 Å². The van der Waals surface area contributed by atoms with Gasteiger partial charge in [0.2, 0.25) is 0 Å². The molecular formula is C35H37NO5. The Kier molecular flexibility index (Phi) is 10.2. The van der Waals surface area contributed by atoms with E-state index in [0.717, 1.165) is 35.4 Å². The molecule has 0 bridgehead atoms. The van der Waals surface area contributed by atoms with Gasteiger partial charge in [-0.1, -0.05) is 61.5 Å². The van der Waals surface area contributed by atoms with Crippen molar-refractivity contribution in [3.05, 3.63) is 119 Å². The number of rotatable bonds is 13. The van der Waals surface area contributed by atoms with Crippen LogP contribution in [0.2, 0.25) is 0 Å². The zero-order valence-corrected chi connectivity index (χ0v) is 24.1. The Hall–Kier alpha value is -4.55. The molecule has 4 aromatic rings. The van der Waals surface area contributed by atoms with Crippen molar-refractivity contribution in [2.45, 2.75) is 13.3 Å². The lowest BCUT2D eigenvalue weighted by molar-refractivity contribution is 0.0921. The van der Waals surface area contributed by atoms with E-state index < -0.39 is 0 Å². The number of carbonyl (C=O) groups excluding carboxylic acids is 1. The highest BCUT2D eigenvalue weighted by atomic mass is 16.5. The summed E-state index contributed by atoms with van der Waals surface area (Å²) in [7, 11) is 5.50. The molecule has 4 aromatic carbocycles. The molecule has 41 heavy (non-hydrogen) atoms. The van der Waals surface area contributed by atoms with Crippen molar-refractivity contribution < 1.29 is 24.1 Å². The minimum Gasteiger partial charge on any atom is -0.504 e. The molecule has 0 amide bonds. The third-order valence-corrected chi connectivity index (χ3v) is 6.74. The Labute approximate surface area is 242 Å². The molecule has 1 N–H and O–H groups in total. The highest BCUT2D eigenvalue weighted by Gasteiger charge is 2.15. The van der Waals surface area contributed by atoms with E-state index in [1.54, 1.807) is 6.07 Å². The fraction of sp³-hybridized carbons (Fsp3) is 0.229. The maximum absolute atomic E-state index is 12.7. The van der Waals surface area contributed by atoms with Gasteiger partial charge in [0.1, 0.15) is 18.1 Å². The van der Waals surface area contributed by atoms with Gasteiger partial charge in [-0.2, -0.15) is 0 Å². The number of hydrogen-bond donors (Lipinski definition) is 1. The first-order valence-corrected chi connectivity index (χ1v) is 13.7. The molecule has 0 aromatic heterocycles. The first-order chi connectivity index (χ1) is 19.9. The summed E-state index contributed by atoms with van der Waals surface area (Å²) < 4.78 is 16.8. The van der Waals surface area contributed by atoms with Gasteiger partial charge in [-0.15, -0.1) is 0 Å². The van der Waals surface area contributed by atoms with Gasteiger partial charge in [-0.05, 0) is 90.8 Å². The summed E-state index contributed by atoms with van der Waals surface area (Å²) in [5, 5.41) is 9.79. The number of hydrogen-bond acceptors (Lipinski definition) is 6. The molecule has 0 heterocycles. The number of Topliss-reactive ketones (excluding diaryl/α,β-unsaturated/α-hetero) is 1. The van der Waals surface area contributed by atoms with Crippen LogP contribution in [0.3, 0.4) is 0 Å². The van der Waals surface area contributed by atoms with Gasteiger partial charge in [0.15, 0.2) is 23.9 Å². The summed E-state index contributed by atoms with van der Waals surface area (Å²) in [5.74, 6) is 1.45. The summed E-state index contributed by atoms with van der Waals surface area (Å²) in [6.45, 7) is 3.52. The highest BCUT2D eigenvalue weighted by molar-refractivity contribution is 5.99. The summed E-state index contributed by atoms with van der Waals surface area (Å²) in [6, 6.07) is 31.0. The van der Waals surface area contributed by atoms with Crippen LogP contribution in [0.25, 0.3) is 11.1 Å². The summed E-state index contributed by atoms with van der Waals surface area (Å²) in [4.78, 5) is 14.8. The van der Waals surface area contributed by atoms with Crippen LogP contribution in [0.1, 0.15) is 40.4 Å². The number of benzene rings is 4. The van der Waals surface area contributed by atoms with Crippen molar-refractivity contribution in [3.8, 4) is 23.0 Å². The molecule has 0 saturated heterocycles. The monoisotopic (exact) mass is 551 g/mol. The Morgan fingerprint density at radius 3 is 1.90 bits per heavy atom. The normalized spacial score (nSPS) is 11.6. The lowest BCUT2D eigenvalue weighted by Crippen LogP contribution is -2.19. The Bertz CT molecular complexity index is 1460. The van der Waals surface area contributed by atoms with Gasteiger partial charge < -0.3 is 24.2 Å². The van der Waals surface area contributed by atoms with Crippen LogP contribution in [-0.4, -0.2) is 56.8 Å². The average Bonchev–Trinajstić information content (AvgIpc) is 3.00. The van der Waals surface area contributed by atoms with Crippen LogP contribution in [-0.2, 0) is 0 Å². The van der Waals surface area contributed by atoms with Crippen LogP contribution in [0.15, 0.2) is 97.1 Å². The molecule has 6 heteroatoms. The number of aromatic hydroxyl groups is 1. The third-order valence-electron chi connectivity index (χ3n) is 6.74. The fourth-order valence-electron chi connectivity index (χ4n) is 4.54. The van der Waals surface area contributed by atoms with E-state index in [1.165, 1.54) is 30.4 Å². The van der Waals surface area contributed by atoms with Crippen LogP contribution in [0.4, 0.5) is 0 Å². The number of phenolic OH excluding ortho intramolecular Hbond substituents is 1. The summed E-state index contributed by atoms with van der Waals surface area (Å²) >= 11 is 0. The van der Waals surface area contributed by atoms with E-state index in [-0.39, 0.29) is 23.9 Å². The second-order valence-electron chi connectivity index (χ2n) is 9.87. The molecule has 6 nitrogen and oxygen atoms in total. The molecule has 0 radical (unpaired) electrons. The molecular weight excluding hydrogens is 514 g/mol. The molecule has 0 spiro atoms. The fourth-order valence-corrected chi connectivity index (χ4v) is 4.54. The van der Waals surface area contributed by atoms with Crippen molar-refractivity contribution >= 4 is 16.9 Å². The van der Waals surface area contributed by atoms with Crippen molar-refractivity contribution in [2.24, 2.45) is 0 Å². The van der Waals surface area contributed by atoms with Crippen LogP contribution >= 0.6 is 0 Å². The molecule has 0 fully saturated rings. The third kappa shape index (κ3) is 7.77. The Morgan fingerprint density at radius 1 is 0.756 bits per heavy atom. The van der Waals surface area contributed by atoms with Gasteiger partial charge in [0.25, 0.3) is 0 Å². The molecule has 0 atom stereocenters. The van der Waals surface area contributed by atoms with Crippen LogP contribution in [0.5, 0.6) is 23.0 Å². The van der Waals surface area contributed by atoms with Crippen molar-refractivity contribution in [1.82, 2.24) is 4.90 Å². The van der Waals surface area contributed by atoms with E-state index in [4.69, 9.17) is 14.2 Å². The number of ether oxygens (including phenoxy) is 3. The number of ketones is 1. The predicted octanol–water partition coefficient (Wildman–Crippen LogP) is 6.97. The van der Waals surface area contributed by atoms with E-state index in [9.17, 15) is 9.90 Å². The number of nitrogens with zero attached hydrogens (tertiary/aromatic N) is 1. The van der Waals surface area contributed by atoms with Crippen molar-refractivity contribution in [1.29, 1.82) is 0 Å². The second kappa shape index (κ2) is 14.2. The predicted molar refractivity (Wildman–Crippen MR) is 164 cm³/mol. The first-order valence-electron chi connectivity index (χ1n) is 13.7. The number of carbonyl (C=O) groups is 1. The zero-order valence-electron chi connectivity index (χ0n) is 24.1. The SMILES string of the molecule is CCC(=C(c1ccc(OCCN(C)C)cc1)c1ccc(OCC(=O)c2ccc(O)c(OC)c2)cc1)c1ccccc1. The highest BCUT2D eigenvalue weighted by Crippen LogP contribution is 2.36. The lowest BCUT2D eigenvalue weighted by Gasteiger charge is -2.17. The summed E-state index contributed by atoms with van der Waals surface area (Å²) in [5.41, 5.74) is 6.09. The first kappa shape index (κ1) is 29.4. The smallest absolute Gasteiger partial charge is 0.200 e. The molecule has 0 unspecified atom stereocenters. The van der Waals surface area contributed by atoms with Gasteiger partial charge in [0, 0.05) is 12.1 Å². The number of allylic oxidation sites excluding steroid dienone is 1. The Morgan fingerprint density at radius 2 is 1.34 bits per heavy atom. The van der Waals surface area contributed by atoms with Gasteiger partial charge in [-0.25, -0.2) is 0 Å². The summed E-state index contributed by atoms with van der Waals surface area (Å²) in [6.07, 6.45) is 0.850. The number of methoxy groups -OCH3 is 1. The van der Waals surface area contributed by atoms with E-state index >= 15 is 0 Å². The molecule has 0 aliphatic heterocycles. The van der Waals surface area contributed by atoms with Gasteiger partial charge in [0.05, 0.1) is 7.11 Å². The maximum Gasteiger partial charge on any atom is 0.200 e. The zero-order chi connectivity index (χ0) is 29.2. The second-order valence-corrected chi connectivity index (χ2v) is 9.87. The van der Waals surface area contributed by atoms with E-state index in [0.29, 0.717) is 17.9 Å².